The molecule has 0 aliphatic carbocycles. The predicted octanol–water partition coefficient (Wildman–Crippen LogP) is 5.99. The molecule has 0 bridgehead atoms. The summed E-state index contributed by atoms with van der Waals surface area (Å²) < 4.78 is 11.2. The molecule has 1 unspecified atom stereocenters. The lowest BCUT2D eigenvalue weighted by molar-refractivity contribution is -0.132. The Morgan fingerprint density at radius 1 is 1.06 bits per heavy atom. The molecule has 4 rings (SSSR count). The summed E-state index contributed by atoms with van der Waals surface area (Å²) in [6.45, 7) is 6.07. The van der Waals surface area contributed by atoms with E-state index in [9.17, 15) is 14.7 Å². The molecule has 1 heterocycles. The van der Waals surface area contributed by atoms with Gasteiger partial charge in [-0.15, -0.1) is 0 Å². The number of nitrogens with zero attached hydrogens (tertiary/aromatic N) is 1. The maximum absolute atomic E-state index is 13.4. The summed E-state index contributed by atoms with van der Waals surface area (Å²) in [5.41, 5.74) is 3.04. The second-order valence-corrected chi connectivity index (χ2v) is 8.75. The van der Waals surface area contributed by atoms with Gasteiger partial charge in [0.25, 0.3) is 11.7 Å². The normalized spacial score (nSPS) is 17.1. The number of aliphatic hydroxyl groups excluding tert-OH is 1. The van der Waals surface area contributed by atoms with Crippen LogP contribution in [0.1, 0.15) is 35.2 Å². The van der Waals surface area contributed by atoms with Gasteiger partial charge in [0.15, 0.2) is 0 Å². The van der Waals surface area contributed by atoms with Gasteiger partial charge < -0.3 is 14.6 Å². The molecule has 35 heavy (non-hydrogen) atoms. The predicted molar refractivity (Wildman–Crippen MR) is 136 cm³/mol. The first-order valence-electron chi connectivity index (χ1n) is 11.2. The van der Waals surface area contributed by atoms with Crippen molar-refractivity contribution in [2.45, 2.75) is 26.8 Å². The molecule has 1 amide bonds. The number of carbonyl (C=O) groups excluding carboxylic acids is 2. The highest BCUT2D eigenvalue weighted by molar-refractivity contribution is 6.51. The van der Waals surface area contributed by atoms with Crippen LogP contribution in [0.5, 0.6) is 11.5 Å². The second kappa shape index (κ2) is 9.84. The van der Waals surface area contributed by atoms with Crippen LogP contribution in [0.2, 0.25) is 5.02 Å². The molecule has 1 saturated heterocycles. The third-order valence-corrected chi connectivity index (χ3v) is 6.13. The number of hydrogen-bond donors (Lipinski definition) is 1. The highest BCUT2D eigenvalue weighted by Gasteiger charge is 2.47. The zero-order valence-corrected chi connectivity index (χ0v) is 20.7. The zero-order valence-electron chi connectivity index (χ0n) is 20.0. The van der Waals surface area contributed by atoms with E-state index in [1.165, 1.54) is 12.0 Å². The molecular weight excluding hydrogens is 466 g/mol. The van der Waals surface area contributed by atoms with E-state index < -0.39 is 17.7 Å². The molecule has 0 saturated carbocycles. The molecule has 0 spiro atoms. The van der Waals surface area contributed by atoms with E-state index in [1.807, 2.05) is 26.8 Å². The van der Waals surface area contributed by atoms with Gasteiger partial charge in [0, 0.05) is 10.7 Å². The van der Waals surface area contributed by atoms with Crippen LogP contribution >= 0.6 is 11.6 Å². The Morgan fingerprint density at radius 2 is 1.80 bits per heavy atom. The number of aryl methyl sites for hydroxylation is 2. The van der Waals surface area contributed by atoms with Crippen molar-refractivity contribution in [1.29, 1.82) is 0 Å². The van der Waals surface area contributed by atoms with Crippen molar-refractivity contribution >= 4 is 34.7 Å². The van der Waals surface area contributed by atoms with Crippen LogP contribution in [-0.2, 0) is 9.59 Å². The van der Waals surface area contributed by atoms with Crippen molar-refractivity contribution in [1.82, 2.24) is 0 Å². The third kappa shape index (κ3) is 4.49. The van der Waals surface area contributed by atoms with Gasteiger partial charge in [0.2, 0.25) is 0 Å². The SMILES string of the molecule is CCOc1cccc(C2/C(=C(\O)c3cc(C)cc(C)c3OC)C(=O)C(=O)N2c2cccc(Cl)c2)c1. The summed E-state index contributed by atoms with van der Waals surface area (Å²) in [5.74, 6) is -0.836. The Labute approximate surface area is 209 Å². The average Bonchev–Trinajstić information content (AvgIpc) is 3.09. The van der Waals surface area contributed by atoms with Gasteiger partial charge in [0.05, 0.1) is 30.9 Å². The van der Waals surface area contributed by atoms with Gasteiger partial charge in [-0.05, 0) is 73.9 Å². The van der Waals surface area contributed by atoms with Gasteiger partial charge >= 0.3 is 0 Å². The first kappa shape index (κ1) is 24.4. The fourth-order valence-corrected chi connectivity index (χ4v) is 4.71. The van der Waals surface area contributed by atoms with E-state index >= 15 is 0 Å². The van der Waals surface area contributed by atoms with E-state index in [2.05, 4.69) is 0 Å². The number of halogens is 1. The number of ketones is 1. The summed E-state index contributed by atoms with van der Waals surface area (Å²) >= 11 is 6.22. The summed E-state index contributed by atoms with van der Waals surface area (Å²) in [5, 5.41) is 12.0. The zero-order chi connectivity index (χ0) is 25.3. The number of carbonyl (C=O) groups is 2. The lowest BCUT2D eigenvalue weighted by atomic mass is 9.93. The number of rotatable bonds is 6. The lowest BCUT2D eigenvalue weighted by Gasteiger charge is -2.26. The Kier molecular flexibility index (Phi) is 6.85. The van der Waals surface area contributed by atoms with Gasteiger partial charge in [-0.25, -0.2) is 0 Å². The topological polar surface area (TPSA) is 76.1 Å². The fraction of sp³-hybridized carbons (Fsp3) is 0.214. The van der Waals surface area contributed by atoms with Crippen LogP contribution in [-0.4, -0.2) is 30.5 Å². The van der Waals surface area contributed by atoms with E-state index in [1.54, 1.807) is 54.6 Å². The summed E-state index contributed by atoms with van der Waals surface area (Å²) in [4.78, 5) is 28.2. The Hall–Kier alpha value is -3.77. The highest BCUT2D eigenvalue weighted by Crippen LogP contribution is 2.44. The molecule has 1 aliphatic heterocycles. The lowest BCUT2D eigenvalue weighted by Crippen LogP contribution is -2.29. The smallest absolute Gasteiger partial charge is 0.300 e. The molecule has 0 aromatic heterocycles. The summed E-state index contributed by atoms with van der Waals surface area (Å²) in [7, 11) is 1.50. The Balaban J connectivity index is 2.01. The Morgan fingerprint density at radius 3 is 2.49 bits per heavy atom. The van der Waals surface area contributed by atoms with E-state index in [-0.39, 0.29) is 11.3 Å². The number of hydrogen-bond acceptors (Lipinski definition) is 5. The van der Waals surface area contributed by atoms with Gasteiger partial charge in [-0.3, -0.25) is 14.5 Å². The second-order valence-electron chi connectivity index (χ2n) is 8.32. The van der Waals surface area contributed by atoms with E-state index in [0.717, 1.165) is 11.1 Å². The monoisotopic (exact) mass is 491 g/mol. The first-order chi connectivity index (χ1) is 16.8. The molecule has 3 aromatic rings. The van der Waals surface area contributed by atoms with Crippen LogP contribution in [0.4, 0.5) is 5.69 Å². The molecule has 1 N–H and O–H groups in total. The van der Waals surface area contributed by atoms with Gasteiger partial charge in [-0.2, -0.15) is 0 Å². The fourth-order valence-electron chi connectivity index (χ4n) is 4.53. The molecule has 3 aromatic carbocycles. The molecule has 180 valence electrons. The average molecular weight is 492 g/mol. The molecule has 1 aliphatic rings. The highest BCUT2D eigenvalue weighted by atomic mass is 35.5. The molecule has 1 atom stereocenters. The number of benzene rings is 3. The number of ether oxygens (including phenoxy) is 2. The van der Waals surface area contributed by atoms with Gasteiger partial charge in [-0.1, -0.05) is 35.9 Å². The van der Waals surface area contributed by atoms with Crippen LogP contribution in [0.3, 0.4) is 0 Å². The molecule has 1 fully saturated rings. The quantitative estimate of drug-likeness (QED) is 0.260. The van der Waals surface area contributed by atoms with Crippen molar-refractivity contribution in [2.75, 3.05) is 18.6 Å². The standard InChI is InChI=1S/C28H26ClNO5/c1-5-35-21-11-6-8-18(14-21)24-23(25(31)22-13-16(2)12-17(3)27(22)34-4)26(32)28(33)30(24)20-10-7-9-19(29)15-20/h6-15,24,31H,5H2,1-4H3/b25-23+. The minimum Gasteiger partial charge on any atom is -0.507 e. The van der Waals surface area contributed by atoms with Crippen LogP contribution in [0, 0.1) is 13.8 Å². The summed E-state index contributed by atoms with van der Waals surface area (Å²) in [6.07, 6.45) is 0. The van der Waals surface area contributed by atoms with Crippen LogP contribution in [0.25, 0.3) is 5.76 Å². The summed E-state index contributed by atoms with van der Waals surface area (Å²) in [6, 6.07) is 16.6. The van der Waals surface area contributed by atoms with Crippen LogP contribution < -0.4 is 14.4 Å². The maximum atomic E-state index is 13.4. The number of aliphatic hydroxyl groups is 1. The first-order valence-corrected chi connectivity index (χ1v) is 11.6. The number of methoxy groups -OCH3 is 1. The number of anilines is 1. The Bertz CT molecular complexity index is 1350. The largest absolute Gasteiger partial charge is 0.507 e. The molecule has 7 heteroatoms. The maximum Gasteiger partial charge on any atom is 0.300 e. The van der Waals surface area contributed by atoms with Crippen molar-refractivity contribution in [3.8, 4) is 11.5 Å². The van der Waals surface area contributed by atoms with Crippen molar-refractivity contribution in [3.05, 3.63) is 93.5 Å². The minimum atomic E-state index is -0.903. The van der Waals surface area contributed by atoms with Crippen molar-refractivity contribution < 1.29 is 24.2 Å². The molecular formula is C28H26ClNO5. The number of amides is 1. The van der Waals surface area contributed by atoms with Crippen molar-refractivity contribution in [2.24, 2.45) is 0 Å². The van der Waals surface area contributed by atoms with E-state index in [4.69, 9.17) is 21.1 Å². The molecule has 0 radical (unpaired) electrons. The van der Waals surface area contributed by atoms with E-state index in [0.29, 0.717) is 39.9 Å². The van der Waals surface area contributed by atoms with Crippen molar-refractivity contribution in [3.63, 3.8) is 0 Å². The van der Waals surface area contributed by atoms with Gasteiger partial charge in [0.1, 0.15) is 17.3 Å². The van der Waals surface area contributed by atoms with Crippen LogP contribution in [0.15, 0.2) is 66.2 Å². The minimum absolute atomic E-state index is 0.0353. The number of Topliss-reactive ketones (excluding diaryl/α,β-unsaturated/α-hetero) is 1. The third-order valence-electron chi connectivity index (χ3n) is 5.89. The molecule has 6 nitrogen and oxygen atoms in total.